The number of hydrogen-bond donors (Lipinski definition) is 1. The van der Waals surface area contributed by atoms with Crippen molar-refractivity contribution in [2.45, 2.75) is 31.8 Å². The Balaban J connectivity index is 1.71. The van der Waals surface area contributed by atoms with E-state index in [0.29, 0.717) is 11.7 Å². The molecule has 2 heterocycles. The summed E-state index contributed by atoms with van der Waals surface area (Å²) < 4.78 is 13.1. The number of thiophene rings is 1. The first kappa shape index (κ1) is 16.4. The highest BCUT2D eigenvalue weighted by molar-refractivity contribution is 7.10. The molecule has 0 spiro atoms. The fourth-order valence-electron chi connectivity index (χ4n) is 3.02. The van der Waals surface area contributed by atoms with Crippen molar-refractivity contribution >= 4 is 34.5 Å². The van der Waals surface area contributed by atoms with E-state index in [1.807, 2.05) is 13.0 Å². The zero-order chi connectivity index (χ0) is 16.4. The Morgan fingerprint density at radius 1 is 1.48 bits per heavy atom. The lowest BCUT2D eigenvalue weighted by molar-refractivity contribution is -0.121. The summed E-state index contributed by atoms with van der Waals surface area (Å²) in [7, 11) is 0. The largest absolute Gasteiger partial charge is 0.323 e. The fraction of sp³-hybridized carbons (Fsp3) is 0.353. The summed E-state index contributed by atoms with van der Waals surface area (Å²) in [5.74, 6) is -0.541. The molecule has 3 rings (SSSR count). The van der Waals surface area contributed by atoms with Gasteiger partial charge in [-0.05, 0) is 56.0 Å². The lowest BCUT2D eigenvalue weighted by Crippen LogP contribution is -2.41. The van der Waals surface area contributed by atoms with Crippen molar-refractivity contribution < 1.29 is 9.18 Å². The molecule has 2 atom stereocenters. The van der Waals surface area contributed by atoms with E-state index in [2.05, 4.69) is 21.7 Å². The van der Waals surface area contributed by atoms with Crippen LogP contribution in [-0.2, 0) is 4.79 Å². The van der Waals surface area contributed by atoms with E-state index in [4.69, 9.17) is 11.6 Å². The van der Waals surface area contributed by atoms with Gasteiger partial charge in [-0.1, -0.05) is 17.7 Å². The minimum atomic E-state index is -0.418. The molecule has 6 heteroatoms. The van der Waals surface area contributed by atoms with Crippen molar-refractivity contribution in [3.05, 3.63) is 51.4 Å². The van der Waals surface area contributed by atoms with Gasteiger partial charge >= 0.3 is 0 Å². The first-order chi connectivity index (χ1) is 11.1. The zero-order valence-corrected chi connectivity index (χ0v) is 14.3. The van der Waals surface area contributed by atoms with Crippen molar-refractivity contribution in [2.75, 3.05) is 11.9 Å². The maximum atomic E-state index is 13.1. The topological polar surface area (TPSA) is 32.3 Å². The normalized spacial score (nSPS) is 19.7. The lowest BCUT2D eigenvalue weighted by atomic mass is 10.1. The number of benzene rings is 1. The van der Waals surface area contributed by atoms with Gasteiger partial charge in [0.1, 0.15) is 5.82 Å². The summed E-state index contributed by atoms with van der Waals surface area (Å²) in [4.78, 5) is 16.1. The molecule has 1 aromatic carbocycles. The third-order valence-corrected chi connectivity index (χ3v) is 5.52. The average Bonchev–Trinajstić information content (AvgIpc) is 3.19. The molecule has 0 aliphatic carbocycles. The van der Waals surface area contributed by atoms with Gasteiger partial charge in [-0.15, -0.1) is 11.3 Å². The van der Waals surface area contributed by atoms with Crippen LogP contribution in [-0.4, -0.2) is 23.4 Å². The highest BCUT2D eigenvalue weighted by Gasteiger charge is 2.33. The van der Waals surface area contributed by atoms with Crippen LogP contribution in [0, 0.1) is 5.82 Å². The number of nitrogens with one attached hydrogen (secondary N) is 1. The van der Waals surface area contributed by atoms with Crippen LogP contribution in [0.15, 0.2) is 35.7 Å². The van der Waals surface area contributed by atoms with E-state index in [9.17, 15) is 9.18 Å². The number of likely N-dealkylation sites (tertiary alicyclic amines) is 1. The SMILES string of the molecule is C[C@H](C(=O)Nc1ccc(F)cc1Cl)N1CCC[C@@H]1c1cccs1. The second-order valence-corrected chi connectivity index (χ2v) is 7.09. The Hall–Kier alpha value is -1.43. The molecule has 1 fully saturated rings. The number of halogens is 2. The van der Waals surface area contributed by atoms with Gasteiger partial charge < -0.3 is 5.32 Å². The highest BCUT2D eigenvalue weighted by Crippen LogP contribution is 2.36. The number of amides is 1. The van der Waals surface area contributed by atoms with Crippen LogP contribution in [0.3, 0.4) is 0 Å². The highest BCUT2D eigenvalue weighted by atomic mass is 35.5. The summed E-state index contributed by atoms with van der Waals surface area (Å²) in [5.41, 5.74) is 0.441. The van der Waals surface area contributed by atoms with Gasteiger partial charge in [-0.25, -0.2) is 4.39 Å². The number of carbonyl (C=O) groups is 1. The molecule has 1 aliphatic heterocycles. The Bertz CT molecular complexity index is 692. The first-order valence-electron chi connectivity index (χ1n) is 7.61. The van der Waals surface area contributed by atoms with E-state index >= 15 is 0 Å². The van der Waals surface area contributed by atoms with E-state index in [0.717, 1.165) is 19.4 Å². The monoisotopic (exact) mass is 352 g/mol. The molecule has 1 aromatic heterocycles. The van der Waals surface area contributed by atoms with Gasteiger partial charge in [0.15, 0.2) is 0 Å². The molecule has 1 saturated heterocycles. The molecule has 122 valence electrons. The molecule has 0 saturated carbocycles. The maximum absolute atomic E-state index is 13.1. The Labute approximate surface area is 144 Å². The van der Waals surface area contributed by atoms with Crippen LogP contribution in [0.1, 0.15) is 30.7 Å². The minimum Gasteiger partial charge on any atom is -0.323 e. The minimum absolute atomic E-state index is 0.123. The zero-order valence-electron chi connectivity index (χ0n) is 12.8. The fourth-order valence-corrected chi connectivity index (χ4v) is 4.11. The molecular weight excluding hydrogens is 335 g/mol. The third-order valence-electron chi connectivity index (χ3n) is 4.23. The van der Waals surface area contributed by atoms with Crippen LogP contribution in [0.5, 0.6) is 0 Å². The van der Waals surface area contributed by atoms with E-state index in [1.165, 1.54) is 23.1 Å². The Kier molecular flexibility index (Phi) is 4.99. The van der Waals surface area contributed by atoms with Crippen molar-refractivity contribution in [2.24, 2.45) is 0 Å². The predicted molar refractivity (Wildman–Crippen MR) is 92.5 cm³/mol. The molecule has 0 unspecified atom stereocenters. The van der Waals surface area contributed by atoms with Crippen molar-refractivity contribution in [1.82, 2.24) is 4.90 Å². The Morgan fingerprint density at radius 2 is 2.30 bits per heavy atom. The van der Waals surface area contributed by atoms with Crippen LogP contribution < -0.4 is 5.32 Å². The van der Waals surface area contributed by atoms with E-state index in [-0.39, 0.29) is 17.0 Å². The van der Waals surface area contributed by atoms with Gasteiger partial charge in [0.05, 0.1) is 16.8 Å². The summed E-state index contributed by atoms with van der Waals surface area (Å²) in [5, 5.41) is 5.08. The van der Waals surface area contributed by atoms with Gasteiger partial charge in [0, 0.05) is 10.9 Å². The van der Waals surface area contributed by atoms with Crippen molar-refractivity contribution in [1.29, 1.82) is 0 Å². The quantitative estimate of drug-likeness (QED) is 0.864. The Morgan fingerprint density at radius 3 is 3.00 bits per heavy atom. The summed E-state index contributed by atoms with van der Waals surface area (Å²) in [6, 6.07) is 8.16. The molecule has 0 radical (unpaired) electrons. The second-order valence-electron chi connectivity index (χ2n) is 5.70. The second kappa shape index (κ2) is 6.99. The van der Waals surface area contributed by atoms with Gasteiger partial charge in [-0.3, -0.25) is 9.69 Å². The van der Waals surface area contributed by atoms with Gasteiger partial charge in [0.25, 0.3) is 0 Å². The average molecular weight is 353 g/mol. The number of anilines is 1. The van der Waals surface area contributed by atoms with Gasteiger partial charge in [0.2, 0.25) is 5.91 Å². The van der Waals surface area contributed by atoms with Crippen molar-refractivity contribution in [3.63, 3.8) is 0 Å². The van der Waals surface area contributed by atoms with E-state index in [1.54, 1.807) is 11.3 Å². The van der Waals surface area contributed by atoms with Crippen LogP contribution in [0.4, 0.5) is 10.1 Å². The number of hydrogen-bond acceptors (Lipinski definition) is 3. The smallest absolute Gasteiger partial charge is 0.241 e. The molecule has 1 N–H and O–H groups in total. The molecule has 1 amide bonds. The van der Waals surface area contributed by atoms with Gasteiger partial charge in [-0.2, -0.15) is 0 Å². The lowest BCUT2D eigenvalue weighted by Gasteiger charge is -2.29. The third kappa shape index (κ3) is 3.57. The standard InChI is InChI=1S/C17H18ClFN2OS/c1-11(17(22)20-14-7-6-12(19)10-13(14)18)21-8-2-4-15(21)16-5-3-9-23-16/h3,5-7,9-11,15H,2,4,8H2,1H3,(H,20,22)/t11-,15-/m1/s1. The molecule has 2 aromatic rings. The summed E-state index contributed by atoms with van der Waals surface area (Å²) in [6.07, 6.45) is 2.15. The summed E-state index contributed by atoms with van der Waals surface area (Å²) >= 11 is 7.71. The number of nitrogens with zero attached hydrogens (tertiary/aromatic N) is 1. The molecule has 23 heavy (non-hydrogen) atoms. The molecular formula is C17H18ClFN2OS. The van der Waals surface area contributed by atoms with Crippen LogP contribution >= 0.6 is 22.9 Å². The van der Waals surface area contributed by atoms with Crippen LogP contribution in [0.25, 0.3) is 0 Å². The maximum Gasteiger partial charge on any atom is 0.241 e. The molecule has 0 bridgehead atoms. The first-order valence-corrected chi connectivity index (χ1v) is 8.87. The number of carbonyl (C=O) groups excluding carboxylic acids is 1. The van der Waals surface area contributed by atoms with Crippen LogP contribution in [0.2, 0.25) is 5.02 Å². The van der Waals surface area contributed by atoms with Crippen molar-refractivity contribution in [3.8, 4) is 0 Å². The summed E-state index contributed by atoms with van der Waals surface area (Å²) in [6.45, 7) is 2.80. The molecule has 1 aliphatic rings. The predicted octanol–water partition coefficient (Wildman–Crippen LogP) is 4.70. The molecule has 3 nitrogen and oxygen atoms in total. The number of rotatable bonds is 4. The van der Waals surface area contributed by atoms with E-state index < -0.39 is 5.82 Å².